The third-order valence-electron chi connectivity index (χ3n) is 2.84. The second kappa shape index (κ2) is 6.39. The van der Waals surface area contributed by atoms with Crippen molar-refractivity contribution in [2.75, 3.05) is 20.3 Å². The number of nitrogens with one attached hydrogen (secondary N) is 1. The molecule has 0 atom stereocenters. The molecule has 5 nitrogen and oxygen atoms in total. The molecule has 0 unspecified atom stereocenters. The molecule has 1 aromatic rings. The molecule has 5 heteroatoms. The predicted molar refractivity (Wildman–Crippen MR) is 65.9 cm³/mol. The van der Waals surface area contributed by atoms with Crippen molar-refractivity contribution in [1.82, 2.24) is 15.1 Å². The monoisotopic (exact) mass is 239 g/mol. The molecule has 1 amide bonds. The Balaban J connectivity index is 2.45. The number of aromatic nitrogens is 2. The first-order valence-electron chi connectivity index (χ1n) is 5.81. The van der Waals surface area contributed by atoms with E-state index >= 15 is 0 Å². The van der Waals surface area contributed by atoms with E-state index in [1.165, 1.54) is 0 Å². The summed E-state index contributed by atoms with van der Waals surface area (Å²) >= 11 is 0. The van der Waals surface area contributed by atoms with E-state index in [-0.39, 0.29) is 5.91 Å². The van der Waals surface area contributed by atoms with Gasteiger partial charge in [0.2, 0.25) is 5.91 Å². The van der Waals surface area contributed by atoms with Gasteiger partial charge in [-0.25, -0.2) is 0 Å². The number of nitrogens with zero attached hydrogens (tertiary/aromatic N) is 2. The summed E-state index contributed by atoms with van der Waals surface area (Å²) in [5.74, 6) is 0.0419. The van der Waals surface area contributed by atoms with Gasteiger partial charge in [0.05, 0.1) is 12.1 Å². The molecule has 17 heavy (non-hydrogen) atoms. The molecule has 0 aliphatic carbocycles. The highest BCUT2D eigenvalue weighted by molar-refractivity contribution is 5.79. The fourth-order valence-corrected chi connectivity index (χ4v) is 1.74. The van der Waals surface area contributed by atoms with Crippen LogP contribution in [-0.4, -0.2) is 35.9 Å². The Morgan fingerprint density at radius 2 is 2.18 bits per heavy atom. The Hall–Kier alpha value is -1.36. The number of carbonyl (C=O) groups is 1. The van der Waals surface area contributed by atoms with E-state index in [4.69, 9.17) is 4.74 Å². The first-order valence-corrected chi connectivity index (χ1v) is 5.81. The van der Waals surface area contributed by atoms with Gasteiger partial charge in [0, 0.05) is 38.6 Å². The lowest BCUT2D eigenvalue weighted by atomic mass is 10.1. The van der Waals surface area contributed by atoms with Crippen LogP contribution in [0.15, 0.2) is 0 Å². The van der Waals surface area contributed by atoms with Crippen LogP contribution in [0, 0.1) is 13.8 Å². The van der Waals surface area contributed by atoms with E-state index in [9.17, 15) is 4.79 Å². The average molecular weight is 239 g/mol. The molecule has 0 radical (unpaired) electrons. The third kappa shape index (κ3) is 3.85. The smallest absolute Gasteiger partial charge is 0.224 e. The van der Waals surface area contributed by atoms with E-state index in [0.29, 0.717) is 19.6 Å². The van der Waals surface area contributed by atoms with Crippen LogP contribution in [0.1, 0.15) is 23.4 Å². The summed E-state index contributed by atoms with van der Waals surface area (Å²) in [6, 6.07) is 0. The summed E-state index contributed by atoms with van der Waals surface area (Å²) in [6.45, 7) is 5.24. The van der Waals surface area contributed by atoms with Crippen molar-refractivity contribution in [3.8, 4) is 0 Å². The van der Waals surface area contributed by atoms with Crippen LogP contribution in [0.5, 0.6) is 0 Å². The van der Waals surface area contributed by atoms with E-state index in [1.807, 2.05) is 25.6 Å². The molecular weight excluding hydrogens is 218 g/mol. The van der Waals surface area contributed by atoms with Crippen LogP contribution < -0.4 is 5.32 Å². The molecule has 0 bridgehead atoms. The predicted octanol–water partition coefficient (Wildman–Crippen LogP) is 0.732. The van der Waals surface area contributed by atoms with Gasteiger partial charge in [-0.15, -0.1) is 0 Å². The highest BCUT2D eigenvalue weighted by atomic mass is 16.5. The van der Waals surface area contributed by atoms with Crippen molar-refractivity contribution < 1.29 is 9.53 Å². The minimum atomic E-state index is 0.0419. The summed E-state index contributed by atoms with van der Waals surface area (Å²) < 4.78 is 6.73. The number of aryl methyl sites for hydroxylation is 2. The first-order chi connectivity index (χ1) is 8.06. The van der Waals surface area contributed by atoms with E-state index in [0.717, 1.165) is 23.4 Å². The molecule has 0 saturated heterocycles. The van der Waals surface area contributed by atoms with Gasteiger partial charge < -0.3 is 10.1 Å². The molecule has 0 spiro atoms. The topological polar surface area (TPSA) is 56.1 Å². The summed E-state index contributed by atoms with van der Waals surface area (Å²) in [4.78, 5) is 11.7. The zero-order chi connectivity index (χ0) is 12.8. The van der Waals surface area contributed by atoms with E-state index in [2.05, 4.69) is 10.4 Å². The molecule has 1 N–H and O–H groups in total. The van der Waals surface area contributed by atoms with Gasteiger partial charge in [0.15, 0.2) is 0 Å². The molecule has 1 rings (SSSR count). The number of ether oxygens (including phenoxy) is 1. The van der Waals surface area contributed by atoms with Crippen molar-refractivity contribution in [2.45, 2.75) is 26.7 Å². The Kier molecular flexibility index (Phi) is 5.15. The van der Waals surface area contributed by atoms with Crippen LogP contribution in [0.3, 0.4) is 0 Å². The summed E-state index contributed by atoms with van der Waals surface area (Å²) in [7, 11) is 3.55. The summed E-state index contributed by atoms with van der Waals surface area (Å²) in [6.07, 6.45) is 1.24. The van der Waals surface area contributed by atoms with Gasteiger partial charge in [0.25, 0.3) is 0 Å². The molecule has 1 aromatic heterocycles. The SMILES string of the molecule is COCCCNC(=O)Cc1c(C)nn(C)c1C. The Bertz CT molecular complexity index is 385. The fourth-order valence-electron chi connectivity index (χ4n) is 1.74. The minimum absolute atomic E-state index is 0.0419. The maximum atomic E-state index is 11.7. The Morgan fingerprint density at radius 3 is 2.71 bits per heavy atom. The fraction of sp³-hybridized carbons (Fsp3) is 0.667. The maximum absolute atomic E-state index is 11.7. The second-order valence-electron chi connectivity index (χ2n) is 4.15. The standard InChI is InChI=1S/C12H21N3O2/c1-9-11(10(2)15(3)14-9)8-12(16)13-6-5-7-17-4/h5-8H2,1-4H3,(H,13,16). The van der Waals surface area contributed by atoms with Crippen LogP contribution in [0.4, 0.5) is 0 Å². The second-order valence-corrected chi connectivity index (χ2v) is 4.15. The van der Waals surface area contributed by atoms with Gasteiger partial charge in [-0.1, -0.05) is 0 Å². The van der Waals surface area contributed by atoms with Crippen molar-refractivity contribution >= 4 is 5.91 Å². The number of hydrogen-bond acceptors (Lipinski definition) is 3. The number of rotatable bonds is 6. The lowest BCUT2D eigenvalue weighted by Gasteiger charge is -2.05. The molecule has 96 valence electrons. The number of methoxy groups -OCH3 is 1. The van der Waals surface area contributed by atoms with Crippen molar-refractivity contribution in [3.05, 3.63) is 17.0 Å². The van der Waals surface area contributed by atoms with Gasteiger partial charge in [-0.2, -0.15) is 5.10 Å². The zero-order valence-electron chi connectivity index (χ0n) is 11.0. The largest absolute Gasteiger partial charge is 0.385 e. The third-order valence-corrected chi connectivity index (χ3v) is 2.84. The van der Waals surface area contributed by atoms with Crippen molar-refractivity contribution in [1.29, 1.82) is 0 Å². The van der Waals surface area contributed by atoms with Gasteiger partial charge in [-0.3, -0.25) is 9.48 Å². The molecule has 0 aromatic carbocycles. The molecular formula is C12H21N3O2. The highest BCUT2D eigenvalue weighted by Crippen LogP contribution is 2.12. The van der Waals surface area contributed by atoms with E-state index in [1.54, 1.807) is 7.11 Å². The van der Waals surface area contributed by atoms with Gasteiger partial charge in [0.1, 0.15) is 0 Å². The summed E-state index contributed by atoms with van der Waals surface area (Å²) in [5.41, 5.74) is 3.00. The lowest BCUT2D eigenvalue weighted by molar-refractivity contribution is -0.120. The van der Waals surface area contributed by atoms with Crippen LogP contribution in [0.25, 0.3) is 0 Å². The van der Waals surface area contributed by atoms with Crippen LogP contribution in [0.2, 0.25) is 0 Å². The van der Waals surface area contributed by atoms with E-state index < -0.39 is 0 Å². The maximum Gasteiger partial charge on any atom is 0.224 e. The Labute approximate surface area is 102 Å². The average Bonchev–Trinajstić information content (AvgIpc) is 2.52. The number of hydrogen-bond donors (Lipinski definition) is 1. The highest BCUT2D eigenvalue weighted by Gasteiger charge is 2.12. The van der Waals surface area contributed by atoms with Crippen LogP contribution >= 0.6 is 0 Å². The first kappa shape index (κ1) is 13.7. The quantitative estimate of drug-likeness (QED) is 0.745. The van der Waals surface area contributed by atoms with Gasteiger partial charge in [-0.05, 0) is 20.3 Å². The molecule has 0 saturated carbocycles. The lowest BCUT2D eigenvalue weighted by Crippen LogP contribution is -2.27. The normalized spacial score (nSPS) is 10.6. The molecule has 0 fully saturated rings. The number of amides is 1. The minimum Gasteiger partial charge on any atom is -0.385 e. The Morgan fingerprint density at radius 1 is 1.47 bits per heavy atom. The van der Waals surface area contributed by atoms with Crippen molar-refractivity contribution in [3.63, 3.8) is 0 Å². The van der Waals surface area contributed by atoms with Gasteiger partial charge >= 0.3 is 0 Å². The zero-order valence-corrected chi connectivity index (χ0v) is 11.0. The number of carbonyl (C=O) groups excluding carboxylic acids is 1. The van der Waals surface area contributed by atoms with Crippen LogP contribution in [-0.2, 0) is 23.0 Å². The summed E-state index contributed by atoms with van der Waals surface area (Å²) in [5, 5.41) is 7.16. The van der Waals surface area contributed by atoms with Crippen molar-refractivity contribution in [2.24, 2.45) is 7.05 Å². The molecule has 0 aliphatic heterocycles. The molecule has 0 aliphatic rings. The molecule has 1 heterocycles.